The molecule has 11 heavy (non-hydrogen) atoms. The molecule has 0 amide bonds. The summed E-state index contributed by atoms with van der Waals surface area (Å²) in [5.41, 5.74) is 1.10. The Kier molecular flexibility index (Phi) is 0.840. The van der Waals surface area contributed by atoms with Gasteiger partial charge in [-0.1, -0.05) is 5.16 Å². The van der Waals surface area contributed by atoms with Gasteiger partial charge in [-0.05, 0) is 6.92 Å². The Morgan fingerprint density at radius 3 is 3.00 bits per heavy atom. The van der Waals surface area contributed by atoms with Crippen LogP contribution in [0.4, 0.5) is 0 Å². The molecule has 1 aliphatic carbocycles. The topological polar surface area (TPSA) is 46.3 Å². The van der Waals surface area contributed by atoms with Crippen molar-refractivity contribution in [1.29, 1.82) is 0 Å². The summed E-state index contributed by atoms with van der Waals surface area (Å²) in [5, 5.41) is 12.2. The summed E-state index contributed by atoms with van der Waals surface area (Å²) in [7, 11) is 0. The van der Waals surface area contributed by atoms with Gasteiger partial charge in [0, 0.05) is 6.42 Å². The molecular weight excluding hydrogens is 142 g/mol. The molecule has 0 radical (unpaired) electrons. The Bertz CT molecular complexity index is 260. The number of oxime groups is 1. The van der Waals surface area contributed by atoms with Crippen LogP contribution in [0.2, 0.25) is 0 Å². The fourth-order valence-electron chi connectivity index (χ4n) is 2.25. The Hall–Kier alpha value is -0.930. The summed E-state index contributed by atoms with van der Waals surface area (Å²) >= 11 is 0. The summed E-state index contributed by atoms with van der Waals surface area (Å²) < 4.78 is 0. The van der Waals surface area contributed by atoms with E-state index in [4.69, 9.17) is 4.84 Å². The van der Waals surface area contributed by atoms with Crippen LogP contribution in [0.15, 0.2) is 15.4 Å². The largest absolute Gasteiger partial charge is 0.389 e. The summed E-state index contributed by atoms with van der Waals surface area (Å²) in [4.78, 5) is 5.26. The minimum Gasteiger partial charge on any atom is -0.389 e. The molecule has 0 unspecified atom stereocenters. The predicted molar refractivity (Wildman–Crippen MR) is 38.5 cm³/mol. The smallest absolute Gasteiger partial charge is 0.161 e. The molecule has 1 fully saturated rings. The van der Waals surface area contributed by atoms with Crippen molar-refractivity contribution < 1.29 is 4.84 Å². The maximum atomic E-state index is 5.26. The molecule has 0 spiro atoms. The molecule has 4 heteroatoms. The molecule has 4 nitrogen and oxygen atoms in total. The molecule has 0 N–H and O–H groups in total. The second-order valence-corrected chi connectivity index (χ2v) is 3.43. The Morgan fingerprint density at radius 2 is 2.18 bits per heavy atom. The van der Waals surface area contributed by atoms with Crippen LogP contribution in [-0.2, 0) is 4.84 Å². The summed E-state index contributed by atoms with van der Waals surface area (Å²) in [6.07, 6.45) is 1.29. The van der Waals surface area contributed by atoms with Crippen molar-refractivity contribution in [3.63, 3.8) is 0 Å². The molecule has 0 saturated heterocycles. The van der Waals surface area contributed by atoms with Crippen LogP contribution >= 0.6 is 0 Å². The lowest BCUT2D eigenvalue weighted by Crippen LogP contribution is -2.29. The molecule has 0 aromatic carbocycles. The zero-order chi connectivity index (χ0) is 7.42. The van der Waals surface area contributed by atoms with Gasteiger partial charge >= 0.3 is 0 Å². The second kappa shape index (κ2) is 1.62. The number of hydrogen-bond acceptors (Lipinski definition) is 4. The van der Waals surface area contributed by atoms with Crippen molar-refractivity contribution in [2.24, 2.45) is 21.3 Å². The predicted octanol–water partition coefficient (Wildman–Crippen LogP) is 0.984. The third kappa shape index (κ3) is 0.536. The molecular formula is C7H9N3O. The number of nitrogens with zero attached hydrogens (tertiary/aromatic N) is 3. The van der Waals surface area contributed by atoms with Crippen LogP contribution in [0, 0.1) is 5.92 Å². The molecule has 2 bridgehead atoms. The lowest BCUT2D eigenvalue weighted by atomic mass is 9.97. The van der Waals surface area contributed by atoms with Gasteiger partial charge in [0.25, 0.3) is 0 Å². The third-order valence-electron chi connectivity index (χ3n) is 2.79. The highest BCUT2D eigenvalue weighted by atomic mass is 16.6. The van der Waals surface area contributed by atoms with Gasteiger partial charge in [-0.3, -0.25) is 0 Å². The van der Waals surface area contributed by atoms with Crippen molar-refractivity contribution in [3.05, 3.63) is 0 Å². The molecule has 2 aliphatic heterocycles. The highest BCUT2D eigenvalue weighted by Gasteiger charge is 2.53. The monoisotopic (exact) mass is 151 g/mol. The first-order valence-electron chi connectivity index (χ1n) is 3.96. The van der Waals surface area contributed by atoms with Crippen molar-refractivity contribution in [2.75, 3.05) is 0 Å². The standard InChI is InChI=1S/C7H9N3O/c1-3-6-4-2-5(9-8-4)7(6)11-10-3/h4-7H,2H2,1H3/t4-,5-,6-,7+/m1/s1. The Balaban J connectivity index is 2.03. The average molecular weight is 151 g/mol. The maximum Gasteiger partial charge on any atom is 0.161 e. The van der Waals surface area contributed by atoms with Crippen molar-refractivity contribution in [3.8, 4) is 0 Å². The Labute approximate surface area is 64.3 Å². The lowest BCUT2D eigenvalue weighted by Gasteiger charge is -2.15. The van der Waals surface area contributed by atoms with E-state index in [9.17, 15) is 0 Å². The zero-order valence-electron chi connectivity index (χ0n) is 6.27. The van der Waals surface area contributed by atoms with E-state index in [-0.39, 0.29) is 6.10 Å². The summed E-state index contributed by atoms with van der Waals surface area (Å²) in [5.74, 6) is 0.442. The lowest BCUT2D eigenvalue weighted by molar-refractivity contribution is 0.0566. The molecule has 4 atom stereocenters. The maximum absolute atomic E-state index is 5.26. The average Bonchev–Trinajstić information content (AvgIpc) is 2.60. The van der Waals surface area contributed by atoms with E-state index in [1.54, 1.807) is 0 Å². The summed E-state index contributed by atoms with van der Waals surface area (Å²) in [6, 6.07) is 0.669. The van der Waals surface area contributed by atoms with Crippen LogP contribution < -0.4 is 0 Å². The van der Waals surface area contributed by atoms with E-state index in [1.807, 2.05) is 6.92 Å². The Morgan fingerprint density at radius 1 is 1.36 bits per heavy atom. The minimum atomic E-state index is 0.220. The van der Waals surface area contributed by atoms with Gasteiger partial charge < -0.3 is 4.84 Å². The van der Waals surface area contributed by atoms with E-state index in [1.165, 1.54) is 0 Å². The van der Waals surface area contributed by atoms with Crippen molar-refractivity contribution >= 4 is 5.71 Å². The van der Waals surface area contributed by atoms with Crippen molar-refractivity contribution in [2.45, 2.75) is 31.5 Å². The van der Waals surface area contributed by atoms with E-state index >= 15 is 0 Å². The van der Waals surface area contributed by atoms with Crippen LogP contribution in [0.5, 0.6) is 0 Å². The van der Waals surface area contributed by atoms with Crippen LogP contribution in [0.1, 0.15) is 13.3 Å². The van der Waals surface area contributed by atoms with Crippen LogP contribution in [-0.4, -0.2) is 23.9 Å². The van der Waals surface area contributed by atoms with Gasteiger partial charge in [-0.15, -0.1) is 0 Å². The minimum absolute atomic E-state index is 0.220. The number of rotatable bonds is 0. The van der Waals surface area contributed by atoms with E-state index in [0.29, 0.717) is 18.0 Å². The van der Waals surface area contributed by atoms with Gasteiger partial charge in [-0.25, -0.2) is 0 Å². The van der Waals surface area contributed by atoms with Gasteiger partial charge in [0.2, 0.25) is 0 Å². The molecule has 3 rings (SSSR count). The molecule has 2 heterocycles. The number of fused-ring (bicyclic) bond motifs is 5. The third-order valence-corrected chi connectivity index (χ3v) is 2.79. The molecule has 3 aliphatic rings. The molecule has 58 valence electrons. The highest BCUT2D eigenvalue weighted by Crippen LogP contribution is 2.42. The van der Waals surface area contributed by atoms with Crippen LogP contribution in [0.3, 0.4) is 0 Å². The molecule has 0 aromatic heterocycles. The fourth-order valence-corrected chi connectivity index (χ4v) is 2.25. The van der Waals surface area contributed by atoms with E-state index < -0.39 is 0 Å². The van der Waals surface area contributed by atoms with Crippen molar-refractivity contribution in [1.82, 2.24) is 0 Å². The first-order chi connectivity index (χ1) is 5.36. The van der Waals surface area contributed by atoms with Gasteiger partial charge in [0.05, 0.1) is 17.7 Å². The normalized spacial score (nSPS) is 50.8. The number of azo groups is 1. The second-order valence-electron chi connectivity index (χ2n) is 3.43. The number of hydrogen-bond donors (Lipinski definition) is 0. The first-order valence-corrected chi connectivity index (χ1v) is 3.96. The highest BCUT2D eigenvalue weighted by molar-refractivity contribution is 5.87. The van der Waals surface area contributed by atoms with Gasteiger partial charge in [0.15, 0.2) is 6.10 Å². The van der Waals surface area contributed by atoms with Crippen LogP contribution in [0.25, 0.3) is 0 Å². The summed E-state index contributed by atoms with van der Waals surface area (Å²) in [6.45, 7) is 2.01. The zero-order valence-corrected chi connectivity index (χ0v) is 6.27. The van der Waals surface area contributed by atoms with Gasteiger partial charge in [0.1, 0.15) is 6.04 Å². The first kappa shape index (κ1) is 5.69. The fraction of sp³-hybridized carbons (Fsp3) is 0.857. The SMILES string of the molecule is CC1=NO[C@@H]2[C@H]1[C@H]1C[C@H]2N=N1. The van der Waals surface area contributed by atoms with E-state index in [0.717, 1.165) is 12.1 Å². The van der Waals surface area contributed by atoms with E-state index in [2.05, 4.69) is 15.4 Å². The molecule has 1 saturated carbocycles. The quantitative estimate of drug-likeness (QED) is 0.509. The molecule has 0 aromatic rings. The van der Waals surface area contributed by atoms with Gasteiger partial charge in [-0.2, -0.15) is 10.2 Å².